The Morgan fingerprint density at radius 3 is 2.67 bits per heavy atom. The van der Waals surface area contributed by atoms with Gasteiger partial charge in [0.25, 0.3) is 5.91 Å². The highest BCUT2D eigenvalue weighted by molar-refractivity contribution is 6.33. The highest BCUT2D eigenvalue weighted by atomic mass is 35.5. The summed E-state index contributed by atoms with van der Waals surface area (Å²) < 4.78 is 1.65. The molecule has 0 saturated carbocycles. The van der Waals surface area contributed by atoms with Gasteiger partial charge in [0.15, 0.2) is 5.69 Å². The van der Waals surface area contributed by atoms with Gasteiger partial charge in [-0.3, -0.25) is 4.79 Å². The molecule has 3 aromatic rings. The minimum absolute atomic E-state index is 0.0631. The SMILES string of the molecule is C=CCn1c(O)c(N=NC(=O)c2ccccc2Cl)c2ccccc21. The summed E-state index contributed by atoms with van der Waals surface area (Å²) in [4.78, 5) is 12.2. The quantitative estimate of drug-likeness (QED) is 0.530. The zero-order valence-electron chi connectivity index (χ0n) is 12.7. The van der Waals surface area contributed by atoms with E-state index in [1.54, 1.807) is 34.9 Å². The van der Waals surface area contributed by atoms with E-state index in [0.29, 0.717) is 17.0 Å². The number of nitrogens with zero attached hydrogens (tertiary/aromatic N) is 3. The second kappa shape index (κ2) is 6.68. The van der Waals surface area contributed by atoms with Crippen molar-refractivity contribution in [3.63, 3.8) is 0 Å². The highest BCUT2D eigenvalue weighted by Crippen LogP contribution is 2.38. The normalized spacial score (nSPS) is 11.2. The van der Waals surface area contributed by atoms with Gasteiger partial charge in [0.1, 0.15) is 0 Å². The van der Waals surface area contributed by atoms with Crippen molar-refractivity contribution < 1.29 is 9.90 Å². The van der Waals surface area contributed by atoms with Crippen LogP contribution in [0.1, 0.15) is 10.4 Å². The molecule has 0 aliphatic rings. The van der Waals surface area contributed by atoms with Crippen LogP contribution < -0.4 is 0 Å². The van der Waals surface area contributed by atoms with Gasteiger partial charge in [-0.25, -0.2) is 0 Å². The van der Waals surface area contributed by atoms with Crippen LogP contribution in [0.4, 0.5) is 5.69 Å². The topological polar surface area (TPSA) is 66.9 Å². The molecule has 0 unspecified atom stereocenters. The molecule has 1 N–H and O–H groups in total. The number of aromatic hydroxyl groups is 1. The molecule has 5 nitrogen and oxygen atoms in total. The first-order chi connectivity index (χ1) is 11.6. The number of amides is 1. The summed E-state index contributed by atoms with van der Waals surface area (Å²) in [6.45, 7) is 4.10. The molecule has 3 rings (SSSR count). The molecule has 0 aliphatic carbocycles. The summed E-state index contributed by atoms with van der Waals surface area (Å²) in [5, 5.41) is 19.1. The Labute approximate surface area is 143 Å². The van der Waals surface area contributed by atoms with Crippen molar-refractivity contribution in [2.24, 2.45) is 10.2 Å². The summed E-state index contributed by atoms with van der Waals surface area (Å²) in [6, 6.07) is 14.0. The maximum atomic E-state index is 12.2. The zero-order chi connectivity index (χ0) is 17.1. The monoisotopic (exact) mass is 339 g/mol. The van der Waals surface area contributed by atoms with E-state index >= 15 is 0 Å². The molecule has 24 heavy (non-hydrogen) atoms. The van der Waals surface area contributed by atoms with Crippen LogP contribution in [0, 0.1) is 0 Å². The molecule has 0 saturated heterocycles. The molecule has 2 aromatic carbocycles. The lowest BCUT2D eigenvalue weighted by molar-refractivity contribution is 0.0995. The second-order valence-electron chi connectivity index (χ2n) is 5.07. The Kier molecular flexibility index (Phi) is 4.44. The lowest BCUT2D eigenvalue weighted by Crippen LogP contribution is -1.94. The van der Waals surface area contributed by atoms with Gasteiger partial charge in [-0.2, -0.15) is 0 Å². The van der Waals surface area contributed by atoms with Crippen LogP contribution in [0.25, 0.3) is 10.9 Å². The van der Waals surface area contributed by atoms with Gasteiger partial charge in [0.05, 0.1) is 16.1 Å². The van der Waals surface area contributed by atoms with Crippen LogP contribution in [0.2, 0.25) is 5.02 Å². The number of halogens is 1. The van der Waals surface area contributed by atoms with E-state index in [1.807, 2.05) is 24.3 Å². The first-order valence-electron chi connectivity index (χ1n) is 7.25. The molecule has 0 atom stereocenters. The van der Waals surface area contributed by atoms with Crippen LogP contribution in [-0.4, -0.2) is 15.6 Å². The minimum Gasteiger partial charge on any atom is -0.493 e. The molecule has 0 aliphatic heterocycles. The van der Waals surface area contributed by atoms with Crippen molar-refractivity contribution in [1.29, 1.82) is 0 Å². The number of fused-ring (bicyclic) bond motifs is 1. The molecule has 1 heterocycles. The van der Waals surface area contributed by atoms with E-state index < -0.39 is 5.91 Å². The van der Waals surface area contributed by atoms with E-state index in [2.05, 4.69) is 16.8 Å². The van der Waals surface area contributed by atoms with Crippen molar-refractivity contribution in [3.05, 3.63) is 71.8 Å². The zero-order valence-corrected chi connectivity index (χ0v) is 13.4. The van der Waals surface area contributed by atoms with Crippen LogP contribution in [-0.2, 0) is 6.54 Å². The Bertz CT molecular complexity index is 960. The molecule has 0 bridgehead atoms. The molecule has 120 valence electrons. The van der Waals surface area contributed by atoms with Crippen LogP contribution in [0.15, 0.2) is 71.4 Å². The number of hydrogen-bond acceptors (Lipinski definition) is 3. The molecule has 1 amide bonds. The van der Waals surface area contributed by atoms with Gasteiger partial charge in [0.2, 0.25) is 5.88 Å². The fraction of sp³-hybridized carbons (Fsp3) is 0.0556. The number of hydrogen-bond donors (Lipinski definition) is 1. The number of carbonyl (C=O) groups is 1. The summed E-state index contributed by atoms with van der Waals surface area (Å²) in [6.07, 6.45) is 1.67. The average Bonchev–Trinajstić information content (AvgIpc) is 2.86. The summed E-state index contributed by atoms with van der Waals surface area (Å²) in [7, 11) is 0. The molecule has 1 aromatic heterocycles. The number of carbonyl (C=O) groups excluding carboxylic acids is 1. The van der Waals surface area contributed by atoms with E-state index in [0.717, 1.165) is 5.52 Å². The Morgan fingerprint density at radius 2 is 1.92 bits per heavy atom. The molecule has 6 heteroatoms. The second-order valence-corrected chi connectivity index (χ2v) is 5.48. The first-order valence-corrected chi connectivity index (χ1v) is 7.63. The van der Waals surface area contributed by atoms with Gasteiger partial charge >= 0.3 is 0 Å². The van der Waals surface area contributed by atoms with Gasteiger partial charge in [-0.15, -0.1) is 16.8 Å². The van der Waals surface area contributed by atoms with Crippen LogP contribution in [0.5, 0.6) is 5.88 Å². The van der Waals surface area contributed by atoms with Crippen LogP contribution >= 0.6 is 11.6 Å². The third-order valence-corrected chi connectivity index (χ3v) is 3.90. The predicted octanol–water partition coefficient (Wildman–Crippen LogP) is 5.11. The molecule has 0 spiro atoms. The highest BCUT2D eigenvalue weighted by Gasteiger charge is 2.16. The third-order valence-electron chi connectivity index (χ3n) is 3.57. The largest absolute Gasteiger partial charge is 0.493 e. The number of para-hydroxylation sites is 1. The molecular formula is C18H14ClN3O2. The summed E-state index contributed by atoms with van der Waals surface area (Å²) in [5.41, 5.74) is 1.29. The van der Waals surface area contributed by atoms with Crippen molar-refractivity contribution in [2.45, 2.75) is 6.54 Å². The maximum absolute atomic E-state index is 12.2. The Balaban J connectivity index is 2.04. The van der Waals surface area contributed by atoms with Gasteiger partial charge in [-0.1, -0.05) is 48.0 Å². The maximum Gasteiger partial charge on any atom is 0.296 e. The first kappa shape index (κ1) is 16.0. The van der Waals surface area contributed by atoms with Gasteiger partial charge in [0, 0.05) is 11.9 Å². The summed E-state index contributed by atoms with van der Waals surface area (Å²) in [5.74, 6) is -0.632. The average molecular weight is 340 g/mol. The van der Waals surface area contributed by atoms with Gasteiger partial charge < -0.3 is 9.67 Å². The predicted molar refractivity (Wildman–Crippen MR) is 94.1 cm³/mol. The lowest BCUT2D eigenvalue weighted by atomic mass is 10.2. The van der Waals surface area contributed by atoms with Crippen molar-refractivity contribution in [1.82, 2.24) is 4.57 Å². The fourth-order valence-electron chi connectivity index (χ4n) is 2.47. The van der Waals surface area contributed by atoms with Crippen LogP contribution in [0.3, 0.4) is 0 Å². The number of azo groups is 1. The number of benzene rings is 2. The molecule has 0 radical (unpaired) electrons. The third kappa shape index (κ3) is 2.81. The number of rotatable bonds is 4. The van der Waals surface area contributed by atoms with Gasteiger partial charge in [-0.05, 0) is 18.2 Å². The minimum atomic E-state index is -0.569. The van der Waals surface area contributed by atoms with E-state index in [9.17, 15) is 9.90 Å². The lowest BCUT2D eigenvalue weighted by Gasteiger charge is -2.01. The fourth-order valence-corrected chi connectivity index (χ4v) is 2.68. The van der Waals surface area contributed by atoms with Crippen molar-refractivity contribution >= 4 is 34.1 Å². The van der Waals surface area contributed by atoms with E-state index in [4.69, 9.17) is 11.6 Å². The summed E-state index contributed by atoms with van der Waals surface area (Å²) >= 11 is 5.99. The number of aromatic nitrogens is 1. The number of allylic oxidation sites excluding steroid dienone is 1. The smallest absolute Gasteiger partial charge is 0.296 e. The molecular weight excluding hydrogens is 326 g/mol. The van der Waals surface area contributed by atoms with E-state index in [1.165, 1.54) is 0 Å². The van der Waals surface area contributed by atoms with E-state index in [-0.39, 0.29) is 17.1 Å². The van der Waals surface area contributed by atoms with Crippen molar-refractivity contribution in [2.75, 3.05) is 0 Å². The molecule has 0 fully saturated rings. The Morgan fingerprint density at radius 1 is 1.21 bits per heavy atom. The standard InChI is InChI=1S/C18H14ClN3O2/c1-2-11-22-15-10-6-4-8-13(15)16(18(22)24)20-21-17(23)12-7-3-5-9-14(12)19/h2-10,24H,1,11H2. The Hall–Kier alpha value is -2.92. The van der Waals surface area contributed by atoms with Crippen molar-refractivity contribution in [3.8, 4) is 5.88 Å².